The van der Waals surface area contributed by atoms with Crippen LogP contribution in [0.25, 0.3) is 0 Å². The molecular formula is C16H20FN3O3. The molecule has 0 bridgehead atoms. The molecule has 3 N–H and O–H groups in total. The van der Waals surface area contributed by atoms with Crippen LogP contribution in [-0.4, -0.2) is 29.3 Å². The zero-order valence-corrected chi connectivity index (χ0v) is 13.0. The Morgan fingerprint density at radius 3 is 2.52 bits per heavy atom. The molecule has 7 heteroatoms. The monoisotopic (exact) mass is 321 g/mol. The number of nitrogens with two attached hydrogens (primary N) is 1. The van der Waals surface area contributed by atoms with E-state index in [1.807, 2.05) is 6.92 Å². The number of primary amides is 1. The number of hydrogen-bond donors (Lipinski definition) is 2. The van der Waals surface area contributed by atoms with Gasteiger partial charge in [-0.1, -0.05) is 31.9 Å². The van der Waals surface area contributed by atoms with Crippen molar-refractivity contribution in [2.24, 2.45) is 5.73 Å². The topological polar surface area (TPSA) is 92.5 Å². The summed E-state index contributed by atoms with van der Waals surface area (Å²) in [6, 6.07) is 4.96. The van der Waals surface area contributed by atoms with Crippen LogP contribution in [0.3, 0.4) is 0 Å². The molecule has 1 atom stereocenters. The number of imide groups is 1. The molecule has 6 nitrogen and oxygen atoms in total. The highest BCUT2D eigenvalue weighted by molar-refractivity contribution is 6.07. The minimum absolute atomic E-state index is 0.0604. The Bertz CT molecular complexity index is 618. The van der Waals surface area contributed by atoms with Crippen LogP contribution in [0, 0.1) is 5.82 Å². The molecule has 1 heterocycles. The van der Waals surface area contributed by atoms with E-state index in [9.17, 15) is 18.8 Å². The molecule has 0 unspecified atom stereocenters. The van der Waals surface area contributed by atoms with E-state index in [2.05, 4.69) is 5.32 Å². The highest BCUT2D eigenvalue weighted by Crippen LogP contribution is 2.34. The first-order valence-corrected chi connectivity index (χ1v) is 7.59. The van der Waals surface area contributed by atoms with E-state index < -0.39 is 29.2 Å². The van der Waals surface area contributed by atoms with E-state index in [0.29, 0.717) is 18.4 Å². The van der Waals surface area contributed by atoms with Crippen LogP contribution < -0.4 is 11.1 Å². The molecule has 1 aliphatic rings. The average molecular weight is 321 g/mol. The fourth-order valence-electron chi connectivity index (χ4n) is 2.74. The molecular weight excluding hydrogens is 301 g/mol. The highest BCUT2D eigenvalue weighted by atomic mass is 19.1. The lowest BCUT2D eigenvalue weighted by molar-refractivity contribution is -0.132. The van der Waals surface area contributed by atoms with E-state index in [4.69, 9.17) is 5.73 Å². The molecule has 1 fully saturated rings. The Hall–Kier alpha value is -2.44. The zero-order chi connectivity index (χ0) is 17.0. The van der Waals surface area contributed by atoms with Gasteiger partial charge in [-0.05, 0) is 24.1 Å². The maximum Gasteiger partial charge on any atom is 0.325 e. The van der Waals surface area contributed by atoms with Gasteiger partial charge in [-0.25, -0.2) is 9.18 Å². The number of hydrogen-bond acceptors (Lipinski definition) is 3. The lowest BCUT2D eigenvalue weighted by Gasteiger charge is -2.27. The average Bonchev–Trinajstić information content (AvgIpc) is 2.75. The quantitative estimate of drug-likeness (QED) is 0.748. The van der Waals surface area contributed by atoms with Gasteiger partial charge in [0, 0.05) is 13.0 Å². The van der Waals surface area contributed by atoms with Gasteiger partial charge < -0.3 is 11.1 Å². The summed E-state index contributed by atoms with van der Waals surface area (Å²) in [5, 5.41) is 2.72. The van der Waals surface area contributed by atoms with Crippen molar-refractivity contribution in [3.63, 3.8) is 0 Å². The number of nitrogens with one attached hydrogen (secondary N) is 1. The molecule has 1 aromatic rings. The molecule has 0 aromatic heterocycles. The molecule has 23 heavy (non-hydrogen) atoms. The van der Waals surface area contributed by atoms with Gasteiger partial charge in [-0.3, -0.25) is 14.5 Å². The number of unbranched alkanes of at least 4 members (excludes halogenated alkanes) is 1. The number of carbonyl (C=O) groups is 3. The third-order valence-electron chi connectivity index (χ3n) is 4.00. The summed E-state index contributed by atoms with van der Waals surface area (Å²) in [6.07, 6.45) is 1.87. The lowest BCUT2D eigenvalue weighted by atomic mass is 9.84. The summed E-state index contributed by atoms with van der Waals surface area (Å²) in [5.41, 5.74) is 4.41. The Balaban J connectivity index is 2.35. The molecule has 0 aliphatic carbocycles. The standard InChI is InChI=1S/C16H20FN3O3/c1-2-3-9-16(11-4-6-12(17)7-5-11)14(22)20(15(23)19-16)10-8-13(18)21/h4-7H,2-3,8-10H2,1H3,(H2,18,21)(H,19,23)/t16-/m1/s1. The van der Waals surface area contributed by atoms with E-state index in [0.717, 1.165) is 11.3 Å². The molecule has 0 saturated carbocycles. The zero-order valence-electron chi connectivity index (χ0n) is 13.0. The van der Waals surface area contributed by atoms with Crippen molar-refractivity contribution >= 4 is 17.8 Å². The number of halogens is 1. The van der Waals surface area contributed by atoms with Gasteiger partial charge in [0.15, 0.2) is 0 Å². The van der Waals surface area contributed by atoms with Crippen molar-refractivity contribution in [2.45, 2.75) is 38.1 Å². The van der Waals surface area contributed by atoms with Crippen molar-refractivity contribution in [3.05, 3.63) is 35.6 Å². The molecule has 1 aliphatic heterocycles. The largest absolute Gasteiger partial charge is 0.370 e. The minimum atomic E-state index is -1.21. The van der Waals surface area contributed by atoms with E-state index >= 15 is 0 Å². The van der Waals surface area contributed by atoms with Crippen LogP contribution in [0.5, 0.6) is 0 Å². The smallest absolute Gasteiger partial charge is 0.325 e. The summed E-state index contributed by atoms with van der Waals surface area (Å²) in [4.78, 5) is 36.9. The molecule has 1 aromatic carbocycles. The number of benzene rings is 1. The van der Waals surface area contributed by atoms with Crippen LogP contribution in [0.1, 0.15) is 38.2 Å². The first-order chi connectivity index (χ1) is 10.9. The lowest BCUT2D eigenvalue weighted by Crippen LogP contribution is -2.44. The molecule has 2 rings (SSSR count). The molecule has 4 amide bonds. The van der Waals surface area contributed by atoms with E-state index in [1.54, 1.807) is 0 Å². The molecule has 124 valence electrons. The van der Waals surface area contributed by atoms with E-state index in [1.165, 1.54) is 24.3 Å². The van der Waals surface area contributed by atoms with Crippen LogP contribution in [0.2, 0.25) is 0 Å². The Morgan fingerprint density at radius 1 is 1.30 bits per heavy atom. The third kappa shape index (κ3) is 3.33. The van der Waals surface area contributed by atoms with Gasteiger partial charge in [0.25, 0.3) is 5.91 Å². The predicted molar refractivity (Wildman–Crippen MR) is 81.7 cm³/mol. The maximum atomic E-state index is 13.2. The van der Waals surface area contributed by atoms with Gasteiger partial charge in [0.2, 0.25) is 5.91 Å². The number of nitrogens with zero attached hydrogens (tertiary/aromatic N) is 1. The second kappa shape index (κ2) is 6.76. The Morgan fingerprint density at radius 2 is 1.96 bits per heavy atom. The first-order valence-electron chi connectivity index (χ1n) is 7.59. The van der Waals surface area contributed by atoms with Crippen LogP contribution in [-0.2, 0) is 15.1 Å². The fourth-order valence-corrected chi connectivity index (χ4v) is 2.74. The predicted octanol–water partition coefficient (Wildman–Crippen LogP) is 1.64. The van der Waals surface area contributed by atoms with Gasteiger partial charge in [-0.2, -0.15) is 0 Å². The number of amides is 4. The summed E-state index contributed by atoms with van der Waals surface area (Å²) < 4.78 is 13.2. The second-order valence-corrected chi connectivity index (χ2v) is 5.62. The third-order valence-corrected chi connectivity index (χ3v) is 4.00. The first kappa shape index (κ1) is 16.9. The maximum absolute atomic E-state index is 13.2. The summed E-state index contributed by atoms with van der Waals surface area (Å²) in [6.45, 7) is 1.92. The normalized spacial score (nSPS) is 20.7. The number of carbonyl (C=O) groups excluding carboxylic acids is 3. The van der Waals surface area contributed by atoms with Crippen molar-refractivity contribution in [2.75, 3.05) is 6.54 Å². The van der Waals surface area contributed by atoms with E-state index in [-0.39, 0.29) is 13.0 Å². The summed E-state index contributed by atoms with van der Waals surface area (Å²) >= 11 is 0. The van der Waals surface area contributed by atoms with Crippen LogP contribution in [0.4, 0.5) is 9.18 Å². The second-order valence-electron chi connectivity index (χ2n) is 5.62. The summed E-state index contributed by atoms with van der Waals surface area (Å²) in [7, 11) is 0. The number of urea groups is 1. The minimum Gasteiger partial charge on any atom is -0.370 e. The van der Waals surface area contributed by atoms with Crippen LogP contribution in [0.15, 0.2) is 24.3 Å². The molecule has 1 saturated heterocycles. The highest BCUT2D eigenvalue weighted by Gasteiger charge is 2.51. The van der Waals surface area contributed by atoms with Gasteiger partial charge in [0.05, 0.1) is 0 Å². The summed E-state index contributed by atoms with van der Waals surface area (Å²) in [5.74, 6) is -1.43. The van der Waals surface area contributed by atoms with Crippen molar-refractivity contribution in [1.29, 1.82) is 0 Å². The van der Waals surface area contributed by atoms with Crippen molar-refractivity contribution in [1.82, 2.24) is 10.2 Å². The number of rotatable bonds is 7. The Kier molecular flexibility index (Phi) is 4.98. The SMILES string of the molecule is CCCC[C@]1(c2ccc(F)cc2)NC(=O)N(CCC(N)=O)C1=O. The van der Waals surface area contributed by atoms with Gasteiger partial charge >= 0.3 is 6.03 Å². The van der Waals surface area contributed by atoms with Gasteiger partial charge in [-0.15, -0.1) is 0 Å². The fraction of sp³-hybridized carbons (Fsp3) is 0.438. The van der Waals surface area contributed by atoms with Crippen LogP contribution >= 0.6 is 0 Å². The van der Waals surface area contributed by atoms with Gasteiger partial charge in [0.1, 0.15) is 11.4 Å². The van der Waals surface area contributed by atoms with Crippen molar-refractivity contribution in [3.8, 4) is 0 Å². The molecule has 0 spiro atoms. The Labute approximate surface area is 133 Å². The molecule has 0 radical (unpaired) electrons. The van der Waals surface area contributed by atoms with Crippen molar-refractivity contribution < 1.29 is 18.8 Å².